The van der Waals surface area contributed by atoms with Gasteiger partial charge in [-0.05, 0) is 25.0 Å². The van der Waals surface area contributed by atoms with E-state index in [1.807, 2.05) is 17.0 Å². The van der Waals surface area contributed by atoms with Gasteiger partial charge in [0.25, 0.3) is 0 Å². The van der Waals surface area contributed by atoms with E-state index >= 15 is 0 Å². The third kappa shape index (κ3) is 3.01. The summed E-state index contributed by atoms with van der Waals surface area (Å²) >= 11 is 0. The van der Waals surface area contributed by atoms with E-state index in [0.29, 0.717) is 18.2 Å². The number of nitrogens with one attached hydrogen (secondary N) is 1. The average molecular weight is 287 g/mol. The number of carbonyl (C=O) groups excluding carboxylic acids is 1. The lowest BCUT2D eigenvalue weighted by Gasteiger charge is -2.33. The lowest BCUT2D eigenvalue weighted by Crippen LogP contribution is -2.44. The minimum absolute atomic E-state index is 0.112. The molecule has 2 aromatic rings. The molecule has 3 heterocycles. The average Bonchev–Trinajstić information content (AvgIpc) is 3.02. The summed E-state index contributed by atoms with van der Waals surface area (Å²) in [6.45, 7) is 3.12. The Bertz CT molecular complexity index is 614. The molecule has 1 saturated heterocycles. The zero-order valence-electron chi connectivity index (χ0n) is 11.8. The molecule has 7 heteroatoms. The van der Waals surface area contributed by atoms with Crippen LogP contribution in [0.3, 0.4) is 0 Å². The van der Waals surface area contributed by atoms with Crippen molar-refractivity contribution in [2.45, 2.75) is 25.8 Å². The number of aromatic nitrogens is 3. The lowest BCUT2D eigenvalue weighted by molar-refractivity contribution is -0.129. The van der Waals surface area contributed by atoms with Gasteiger partial charge in [0.05, 0.1) is 5.56 Å². The maximum atomic E-state index is 11.5. The van der Waals surface area contributed by atoms with E-state index in [1.165, 1.54) is 6.39 Å². The molecule has 1 aliphatic rings. The number of pyridine rings is 1. The van der Waals surface area contributed by atoms with Crippen LogP contribution in [0.25, 0.3) is 11.4 Å². The fourth-order valence-corrected chi connectivity index (χ4v) is 2.56. The van der Waals surface area contributed by atoms with Crippen molar-refractivity contribution in [2.24, 2.45) is 0 Å². The molecule has 7 nitrogen and oxygen atoms in total. The monoisotopic (exact) mass is 287 g/mol. The summed E-state index contributed by atoms with van der Waals surface area (Å²) in [5.74, 6) is 1.33. The number of hydrogen-bond donors (Lipinski definition) is 1. The SMILES string of the molecule is CC(=O)N1CCC[C@H](Nc2ncccc2-c2ncon2)C1. The van der Waals surface area contributed by atoms with Crippen molar-refractivity contribution in [3.63, 3.8) is 0 Å². The minimum atomic E-state index is 0.112. The number of amides is 1. The highest BCUT2D eigenvalue weighted by atomic mass is 16.5. The van der Waals surface area contributed by atoms with E-state index in [2.05, 4.69) is 20.4 Å². The zero-order chi connectivity index (χ0) is 14.7. The molecule has 1 N–H and O–H groups in total. The van der Waals surface area contributed by atoms with Crippen molar-refractivity contribution in [3.05, 3.63) is 24.7 Å². The minimum Gasteiger partial charge on any atom is -0.365 e. The molecule has 2 aromatic heterocycles. The number of nitrogens with zero attached hydrogens (tertiary/aromatic N) is 4. The summed E-state index contributed by atoms with van der Waals surface area (Å²) in [7, 11) is 0. The second-order valence-corrected chi connectivity index (χ2v) is 5.10. The largest absolute Gasteiger partial charge is 0.365 e. The highest BCUT2D eigenvalue weighted by molar-refractivity contribution is 5.73. The van der Waals surface area contributed by atoms with Crippen LogP contribution in [0, 0.1) is 0 Å². The van der Waals surface area contributed by atoms with Crippen molar-refractivity contribution in [1.82, 2.24) is 20.0 Å². The van der Waals surface area contributed by atoms with E-state index in [-0.39, 0.29) is 11.9 Å². The first-order valence-corrected chi connectivity index (χ1v) is 6.98. The summed E-state index contributed by atoms with van der Waals surface area (Å²) in [6.07, 6.45) is 5.01. The van der Waals surface area contributed by atoms with Crippen LogP contribution in [0.4, 0.5) is 5.82 Å². The van der Waals surface area contributed by atoms with Crippen LogP contribution in [-0.4, -0.2) is 45.1 Å². The van der Waals surface area contributed by atoms with Gasteiger partial charge in [0, 0.05) is 32.3 Å². The number of hydrogen-bond acceptors (Lipinski definition) is 6. The van der Waals surface area contributed by atoms with E-state index in [0.717, 1.165) is 24.9 Å². The van der Waals surface area contributed by atoms with Crippen LogP contribution in [0.15, 0.2) is 29.2 Å². The maximum Gasteiger partial charge on any atom is 0.219 e. The number of rotatable bonds is 3. The van der Waals surface area contributed by atoms with E-state index in [4.69, 9.17) is 4.52 Å². The highest BCUT2D eigenvalue weighted by Gasteiger charge is 2.22. The molecule has 0 saturated carbocycles. The molecule has 1 fully saturated rings. The molecule has 0 radical (unpaired) electrons. The second kappa shape index (κ2) is 5.90. The number of piperidine rings is 1. The van der Waals surface area contributed by atoms with Gasteiger partial charge in [0.2, 0.25) is 18.1 Å². The van der Waals surface area contributed by atoms with Crippen molar-refractivity contribution in [3.8, 4) is 11.4 Å². The van der Waals surface area contributed by atoms with Gasteiger partial charge >= 0.3 is 0 Å². The summed E-state index contributed by atoms with van der Waals surface area (Å²) in [6, 6.07) is 3.91. The number of likely N-dealkylation sites (tertiary alicyclic amines) is 1. The Morgan fingerprint density at radius 1 is 1.48 bits per heavy atom. The molecule has 1 atom stereocenters. The molecule has 1 amide bonds. The highest BCUT2D eigenvalue weighted by Crippen LogP contribution is 2.24. The molecule has 3 rings (SSSR count). The van der Waals surface area contributed by atoms with Gasteiger partial charge in [0.15, 0.2) is 0 Å². The Kier molecular flexibility index (Phi) is 3.81. The topological polar surface area (TPSA) is 84.2 Å². The molecule has 0 spiro atoms. The van der Waals surface area contributed by atoms with E-state index in [1.54, 1.807) is 13.1 Å². The molecular formula is C14H17N5O2. The molecule has 1 aliphatic heterocycles. The molecule has 21 heavy (non-hydrogen) atoms. The van der Waals surface area contributed by atoms with Crippen molar-refractivity contribution in [2.75, 3.05) is 18.4 Å². The number of carbonyl (C=O) groups is 1. The zero-order valence-corrected chi connectivity index (χ0v) is 11.8. The molecule has 0 unspecified atom stereocenters. The van der Waals surface area contributed by atoms with Crippen LogP contribution >= 0.6 is 0 Å². The van der Waals surface area contributed by atoms with Crippen molar-refractivity contribution < 1.29 is 9.32 Å². The molecule has 110 valence electrons. The Morgan fingerprint density at radius 3 is 3.14 bits per heavy atom. The molecular weight excluding hydrogens is 270 g/mol. The number of anilines is 1. The Hall–Kier alpha value is -2.44. The van der Waals surface area contributed by atoms with Crippen LogP contribution in [0.1, 0.15) is 19.8 Å². The third-order valence-corrected chi connectivity index (χ3v) is 3.62. The van der Waals surface area contributed by atoms with E-state index < -0.39 is 0 Å². The smallest absolute Gasteiger partial charge is 0.219 e. The van der Waals surface area contributed by atoms with Gasteiger partial charge < -0.3 is 14.7 Å². The fraction of sp³-hybridized carbons (Fsp3) is 0.429. The summed E-state index contributed by atoms with van der Waals surface area (Å²) in [5.41, 5.74) is 0.797. The van der Waals surface area contributed by atoms with Crippen LogP contribution < -0.4 is 5.32 Å². The molecule has 0 aliphatic carbocycles. The van der Waals surface area contributed by atoms with Gasteiger partial charge in [-0.1, -0.05) is 5.16 Å². The van der Waals surface area contributed by atoms with Gasteiger partial charge in [-0.25, -0.2) is 4.98 Å². The third-order valence-electron chi connectivity index (χ3n) is 3.62. The fourth-order valence-electron chi connectivity index (χ4n) is 2.56. The van der Waals surface area contributed by atoms with E-state index in [9.17, 15) is 4.79 Å². The first kappa shape index (κ1) is 13.5. The first-order valence-electron chi connectivity index (χ1n) is 6.98. The molecule has 0 bridgehead atoms. The Morgan fingerprint density at radius 2 is 2.38 bits per heavy atom. The van der Waals surface area contributed by atoms with Crippen LogP contribution in [0.5, 0.6) is 0 Å². The first-order chi connectivity index (χ1) is 10.2. The van der Waals surface area contributed by atoms with Crippen LogP contribution in [0.2, 0.25) is 0 Å². The quantitative estimate of drug-likeness (QED) is 0.922. The summed E-state index contributed by atoms with van der Waals surface area (Å²) in [5, 5.41) is 7.25. The Balaban J connectivity index is 1.77. The lowest BCUT2D eigenvalue weighted by atomic mass is 10.1. The predicted molar refractivity (Wildman–Crippen MR) is 76.4 cm³/mol. The Labute approximate surface area is 122 Å². The standard InChI is InChI=1S/C14H17N5O2/c1-10(20)19-7-3-4-11(8-19)17-13-12(5-2-6-15-13)14-16-9-21-18-14/h2,5-6,9,11H,3-4,7-8H2,1H3,(H,15,17)/t11-/m0/s1. The van der Waals surface area contributed by atoms with Gasteiger partial charge in [-0.3, -0.25) is 4.79 Å². The normalized spacial score (nSPS) is 18.5. The van der Waals surface area contributed by atoms with Crippen molar-refractivity contribution >= 4 is 11.7 Å². The van der Waals surface area contributed by atoms with Crippen molar-refractivity contribution in [1.29, 1.82) is 0 Å². The predicted octanol–water partition coefficient (Wildman–Crippen LogP) is 1.55. The molecule has 0 aromatic carbocycles. The second-order valence-electron chi connectivity index (χ2n) is 5.10. The van der Waals surface area contributed by atoms with Gasteiger partial charge in [-0.15, -0.1) is 0 Å². The van der Waals surface area contributed by atoms with Gasteiger partial charge in [-0.2, -0.15) is 4.98 Å². The van der Waals surface area contributed by atoms with Crippen LogP contribution in [-0.2, 0) is 4.79 Å². The summed E-state index contributed by atoms with van der Waals surface area (Å²) in [4.78, 5) is 21.8. The van der Waals surface area contributed by atoms with Gasteiger partial charge in [0.1, 0.15) is 5.82 Å². The maximum absolute atomic E-state index is 11.5. The summed E-state index contributed by atoms with van der Waals surface area (Å²) < 4.78 is 4.79.